The van der Waals surface area contributed by atoms with Gasteiger partial charge in [0.25, 0.3) is 0 Å². The summed E-state index contributed by atoms with van der Waals surface area (Å²) in [5, 5.41) is 5.85. The van der Waals surface area contributed by atoms with Crippen LogP contribution in [0.5, 0.6) is 0 Å². The molecule has 35 heavy (non-hydrogen) atoms. The lowest BCUT2D eigenvalue weighted by atomic mass is 9.79. The first-order chi connectivity index (χ1) is 16.8. The molecule has 0 bridgehead atoms. The minimum absolute atomic E-state index is 0.0289. The van der Waals surface area contributed by atoms with E-state index in [4.69, 9.17) is 11.6 Å². The van der Waals surface area contributed by atoms with Gasteiger partial charge in [-0.3, -0.25) is 20.5 Å². The summed E-state index contributed by atoms with van der Waals surface area (Å²) in [6.45, 7) is 2.68. The summed E-state index contributed by atoms with van der Waals surface area (Å²) in [6, 6.07) is 0.344. The number of halogens is 4. The fourth-order valence-corrected chi connectivity index (χ4v) is 6.44. The molecule has 4 rings (SSSR count). The van der Waals surface area contributed by atoms with Crippen LogP contribution in [0.25, 0.3) is 0 Å². The van der Waals surface area contributed by atoms with E-state index in [0.29, 0.717) is 50.1 Å². The van der Waals surface area contributed by atoms with Crippen molar-refractivity contribution < 1.29 is 18.0 Å². The van der Waals surface area contributed by atoms with Gasteiger partial charge in [-0.25, -0.2) is 18.6 Å². The van der Waals surface area contributed by atoms with Crippen molar-refractivity contribution in [2.24, 2.45) is 28.7 Å². The molecule has 6 nitrogen and oxygen atoms in total. The van der Waals surface area contributed by atoms with Crippen LogP contribution in [0.4, 0.5) is 13.2 Å². The Balaban J connectivity index is 1.36. The summed E-state index contributed by atoms with van der Waals surface area (Å²) in [6.07, 6.45) is 3.35. The molecule has 3 saturated carbocycles. The molecule has 4 aliphatic rings. The number of nitrogens with one attached hydrogen (secondary N) is 4. The Hall–Kier alpha value is -1.06. The summed E-state index contributed by atoms with van der Waals surface area (Å²) in [7, 11) is 0. The van der Waals surface area contributed by atoms with Gasteiger partial charge >= 0.3 is 0 Å². The number of amides is 1. The van der Waals surface area contributed by atoms with E-state index in [1.54, 1.807) is 0 Å². The normalized spacial score (nSPS) is 43.1. The smallest absolute Gasteiger partial charge is 0.229 e. The maximum Gasteiger partial charge on any atom is 0.229 e. The molecule has 1 aliphatic heterocycles. The second-order valence-electron chi connectivity index (χ2n) is 11.3. The van der Waals surface area contributed by atoms with Crippen LogP contribution >= 0.6 is 11.6 Å². The van der Waals surface area contributed by atoms with Gasteiger partial charge in [-0.15, -0.1) is 11.6 Å². The average molecular weight is 520 g/mol. The van der Waals surface area contributed by atoms with Gasteiger partial charge in [0.2, 0.25) is 5.91 Å². The van der Waals surface area contributed by atoms with Crippen LogP contribution in [0.3, 0.4) is 0 Å². The third kappa shape index (κ3) is 7.48. The molecule has 0 spiro atoms. The van der Waals surface area contributed by atoms with Gasteiger partial charge in [0.05, 0.1) is 6.17 Å². The number of hydrogen-bond acceptors (Lipinski definition) is 4. The zero-order chi connectivity index (χ0) is 24.9. The van der Waals surface area contributed by atoms with Crippen molar-refractivity contribution in [3.8, 4) is 0 Å². The number of rotatable bonds is 5. The fraction of sp³-hybridized carbons (Fsp3) is 0.920. The molecule has 1 heterocycles. The zero-order valence-corrected chi connectivity index (χ0v) is 21.4. The average Bonchev–Trinajstić information content (AvgIpc) is 3.29. The van der Waals surface area contributed by atoms with E-state index >= 15 is 0 Å². The van der Waals surface area contributed by atoms with Crippen molar-refractivity contribution in [3.63, 3.8) is 0 Å². The molecule has 0 aromatic rings. The predicted molar refractivity (Wildman–Crippen MR) is 132 cm³/mol. The molecule has 0 radical (unpaired) electrons. The molecule has 8 atom stereocenters. The van der Waals surface area contributed by atoms with Crippen molar-refractivity contribution in [2.75, 3.05) is 6.54 Å². The van der Waals surface area contributed by atoms with Gasteiger partial charge in [-0.05, 0) is 75.5 Å². The number of aliphatic imine (C=N–C) groups is 1. The third-order valence-corrected chi connectivity index (χ3v) is 9.04. The Morgan fingerprint density at radius 1 is 0.943 bits per heavy atom. The number of carbonyl (C=O) groups is 1. The number of hydrogen-bond donors (Lipinski definition) is 4. The molecule has 200 valence electrons. The Bertz CT molecular complexity index is 738. The van der Waals surface area contributed by atoms with E-state index in [1.807, 2.05) is 0 Å². The molecule has 8 unspecified atom stereocenters. The lowest BCUT2D eigenvalue weighted by molar-refractivity contribution is -0.125. The van der Waals surface area contributed by atoms with E-state index in [0.717, 1.165) is 12.3 Å². The molecule has 3 aliphatic carbocycles. The first kappa shape index (κ1) is 27.0. The molecule has 0 aromatic heterocycles. The molecular formula is C25H41ClF3N5O. The minimum atomic E-state index is -1.61. The molecule has 1 amide bonds. The monoisotopic (exact) mass is 519 g/mol. The topological polar surface area (TPSA) is 77.5 Å². The first-order valence-corrected chi connectivity index (χ1v) is 13.9. The standard InChI is InChI=1S/C25H41ClF3N5O/c1-14-2-4-15(5-3-14)22-12-23(34-33-22)31-25(30-13-17-6-8-18(27)11-19(17)26)32-24(35)16-7-9-20(28)21(29)10-16/h14-23,33-34H,2-13H2,1H3,(H2,30,31,32,35). The molecule has 0 aromatic carbocycles. The number of alkyl halides is 4. The number of hydrazine groups is 1. The quantitative estimate of drug-likeness (QED) is 0.248. The summed E-state index contributed by atoms with van der Waals surface area (Å²) in [5.74, 6) is 0.823. The molecular weight excluding hydrogens is 479 g/mol. The minimum Gasteiger partial charge on any atom is -0.339 e. The zero-order valence-electron chi connectivity index (χ0n) is 20.6. The Labute approximate surface area is 212 Å². The van der Waals surface area contributed by atoms with E-state index < -0.39 is 24.4 Å². The lowest BCUT2D eigenvalue weighted by Gasteiger charge is -2.30. The first-order valence-electron chi connectivity index (χ1n) is 13.5. The molecule has 1 saturated heterocycles. The van der Waals surface area contributed by atoms with Crippen LogP contribution in [0.2, 0.25) is 0 Å². The van der Waals surface area contributed by atoms with Gasteiger partial charge in [-0.1, -0.05) is 19.8 Å². The van der Waals surface area contributed by atoms with Gasteiger partial charge in [0.1, 0.15) is 18.5 Å². The summed E-state index contributed by atoms with van der Waals surface area (Å²) >= 11 is 6.39. The van der Waals surface area contributed by atoms with E-state index in [-0.39, 0.29) is 36.2 Å². The summed E-state index contributed by atoms with van der Waals surface area (Å²) in [4.78, 5) is 17.5. The van der Waals surface area contributed by atoms with Crippen molar-refractivity contribution in [2.45, 2.75) is 114 Å². The van der Waals surface area contributed by atoms with Crippen LogP contribution in [0.15, 0.2) is 4.99 Å². The van der Waals surface area contributed by atoms with Crippen LogP contribution in [-0.2, 0) is 4.79 Å². The number of nitrogens with zero attached hydrogens (tertiary/aromatic N) is 1. The van der Waals surface area contributed by atoms with E-state index in [1.165, 1.54) is 25.7 Å². The van der Waals surface area contributed by atoms with Crippen molar-refractivity contribution >= 4 is 23.5 Å². The SMILES string of the molecule is CC1CCC(C2CC(NC(=NCC3CCC(F)CC3Cl)NC(=O)C3CCC(F)C(F)C3)NN2)CC1. The van der Waals surface area contributed by atoms with Crippen molar-refractivity contribution in [1.29, 1.82) is 0 Å². The number of carbonyl (C=O) groups excluding carboxylic acids is 1. The highest BCUT2D eigenvalue weighted by Crippen LogP contribution is 2.33. The third-order valence-electron chi connectivity index (χ3n) is 8.51. The molecule has 10 heteroatoms. The van der Waals surface area contributed by atoms with Gasteiger partial charge < -0.3 is 5.32 Å². The Kier molecular flexibility index (Phi) is 9.60. The van der Waals surface area contributed by atoms with Crippen LogP contribution < -0.4 is 21.5 Å². The molecule has 4 fully saturated rings. The highest BCUT2D eigenvalue weighted by molar-refractivity contribution is 6.20. The second kappa shape index (κ2) is 12.5. The molecule has 4 N–H and O–H groups in total. The Morgan fingerprint density at radius 3 is 2.43 bits per heavy atom. The maximum atomic E-state index is 13.9. The largest absolute Gasteiger partial charge is 0.339 e. The predicted octanol–water partition coefficient (Wildman–Crippen LogP) is 4.29. The Morgan fingerprint density at radius 2 is 1.71 bits per heavy atom. The van der Waals surface area contributed by atoms with Crippen LogP contribution in [0, 0.1) is 23.7 Å². The van der Waals surface area contributed by atoms with Gasteiger partial charge in [0.15, 0.2) is 5.96 Å². The van der Waals surface area contributed by atoms with Crippen LogP contribution in [0.1, 0.15) is 77.6 Å². The van der Waals surface area contributed by atoms with Crippen molar-refractivity contribution in [1.82, 2.24) is 21.5 Å². The highest BCUT2D eigenvalue weighted by atomic mass is 35.5. The maximum absolute atomic E-state index is 13.9. The second-order valence-corrected chi connectivity index (χ2v) is 11.8. The van der Waals surface area contributed by atoms with Gasteiger partial charge in [0, 0.05) is 23.9 Å². The van der Waals surface area contributed by atoms with Crippen molar-refractivity contribution in [3.05, 3.63) is 0 Å². The van der Waals surface area contributed by atoms with E-state index in [2.05, 4.69) is 33.4 Å². The lowest BCUT2D eigenvalue weighted by Crippen LogP contribution is -2.52. The van der Waals surface area contributed by atoms with E-state index in [9.17, 15) is 18.0 Å². The highest BCUT2D eigenvalue weighted by Gasteiger charge is 2.36. The van der Waals surface area contributed by atoms with Gasteiger partial charge in [-0.2, -0.15) is 0 Å². The summed E-state index contributed by atoms with van der Waals surface area (Å²) in [5.41, 5.74) is 6.69. The summed E-state index contributed by atoms with van der Waals surface area (Å²) < 4.78 is 41.1. The fourth-order valence-electron chi connectivity index (χ4n) is 6.04. The van der Waals surface area contributed by atoms with Crippen LogP contribution in [-0.4, -0.2) is 54.5 Å². The number of guanidine groups is 1.